The topological polar surface area (TPSA) is 50.7 Å². The molecule has 0 aromatic rings. The van der Waals surface area contributed by atoms with Crippen molar-refractivity contribution in [3.63, 3.8) is 0 Å². The number of nitrogens with one attached hydrogen (secondary N) is 1. The van der Waals surface area contributed by atoms with Gasteiger partial charge in [0.15, 0.2) is 0 Å². The number of rotatable bonds is 9. The molecule has 98 valence electrons. The molecule has 1 unspecified atom stereocenters. The van der Waals surface area contributed by atoms with Crippen molar-refractivity contribution in [3.8, 4) is 0 Å². The Balaban J connectivity index is 3.41. The molecule has 0 fully saturated rings. The van der Waals surface area contributed by atoms with Gasteiger partial charge in [-0.05, 0) is 33.7 Å². The van der Waals surface area contributed by atoms with Crippen molar-refractivity contribution < 1.29 is 14.6 Å². The third-order valence-electron chi connectivity index (χ3n) is 1.99. The van der Waals surface area contributed by atoms with Crippen molar-refractivity contribution in [2.24, 2.45) is 0 Å². The second-order valence-corrected chi connectivity index (χ2v) is 4.87. The van der Waals surface area contributed by atoms with E-state index in [4.69, 9.17) is 14.6 Å². The van der Waals surface area contributed by atoms with Crippen LogP contribution < -0.4 is 5.32 Å². The van der Waals surface area contributed by atoms with Crippen molar-refractivity contribution in [3.05, 3.63) is 0 Å². The van der Waals surface area contributed by atoms with Crippen LogP contribution in [0.3, 0.4) is 0 Å². The molecule has 4 heteroatoms. The average Bonchev–Trinajstić information content (AvgIpc) is 2.20. The molecule has 0 aromatic heterocycles. The van der Waals surface area contributed by atoms with Crippen LogP contribution in [0, 0.1) is 0 Å². The van der Waals surface area contributed by atoms with Gasteiger partial charge in [-0.3, -0.25) is 0 Å². The van der Waals surface area contributed by atoms with E-state index in [1.54, 1.807) is 0 Å². The molecule has 2 N–H and O–H groups in total. The molecule has 0 amide bonds. The molecule has 0 saturated carbocycles. The lowest BCUT2D eigenvalue weighted by atomic mass is 10.2. The molecule has 0 saturated heterocycles. The Kier molecular flexibility index (Phi) is 8.84. The van der Waals surface area contributed by atoms with Gasteiger partial charge < -0.3 is 19.9 Å². The van der Waals surface area contributed by atoms with Crippen LogP contribution in [0.15, 0.2) is 0 Å². The Hall–Kier alpha value is -0.160. The summed E-state index contributed by atoms with van der Waals surface area (Å²) >= 11 is 0. The molecule has 0 aliphatic heterocycles. The van der Waals surface area contributed by atoms with Gasteiger partial charge in [-0.2, -0.15) is 0 Å². The van der Waals surface area contributed by atoms with Crippen LogP contribution in [0.1, 0.15) is 34.1 Å². The molecular formula is C12H27NO3. The molecule has 0 rings (SSSR count). The van der Waals surface area contributed by atoms with E-state index in [0.29, 0.717) is 19.8 Å². The van der Waals surface area contributed by atoms with Crippen molar-refractivity contribution >= 4 is 0 Å². The number of aliphatic hydroxyl groups excluding tert-OH is 1. The van der Waals surface area contributed by atoms with Gasteiger partial charge in [0.1, 0.15) is 0 Å². The van der Waals surface area contributed by atoms with Gasteiger partial charge in [0.2, 0.25) is 0 Å². The van der Waals surface area contributed by atoms with E-state index < -0.39 is 0 Å². The normalized spacial score (nSPS) is 14.1. The smallest absolute Gasteiger partial charge is 0.0707 e. The van der Waals surface area contributed by atoms with Gasteiger partial charge in [0.05, 0.1) is 38.1 Å². The summed E-state index contributed by atoms with van der Waals surface area (Å²) in [6.45, 7) is 10.9. The van der Waals surface area contributed by atoms with Crippen molar-refractivity contribution in [2.45, 2.75) is 45.8 Å². The van der Waals surface area contributed by atoms with Gasteiger partial charge in [-0.25, -0.2) is 0 Å². The summed E-state index contributed by atoms with van der Waals surface area (Å²) in [7, 11) is 0. The van der Waals surface area contributed by atoms with Gasteiger partial charge in [0.25, 0.3) is 0 Å². The Morgan fingerprint density at radius 3 is 2.44 bits per heavy atom. The Labute approximate surface area is 99.3 Å². The highest BCUT2D eigenvalue weighted by Gasteiger charge is 2.10. The lowest BCUT2D eigenvalue weighted by Gasteiger charge is -2.20. The molecule has 0 heterocycles. The van der Waals surface area contributed by atoms with Crippen molar-refractivity contribution in [1.29, 1.82) is 0 Å². The van der Waals surface area contributed by atoms with Crippen molar-refractivity contribution in [2.75, 3.05) is 33.0 Å². The summed E-state index contributed by atoms with van der Waals surface area (Å²) in [5, 5.41) is 12.3. The number of hydrogen-bond acceptors (Lipinski definition) is 4. The monoisotopic (exact) mass is 233 g/mol. The minimum Gasteiger partial charge on any atom is -0.395 e. The first-order valence-corrected chi connectivity index (χ1v) is 6.05. The minimum absolute atomic E-state index is 0.0367. The van der Waals surface area contributed by atoms with E-state index in [-0.39, 0.29) is 18.2 Å². The van der Waals surface area contributed by atoms with E-state index in [1.807, 2.05) is 20.8 Å². The zero-order valence-electron chi connectivity index (χ0n) is 11.1. The summed E-state index contributed by atoms with van der Waals surface area (Å²) < 4.78 is 10.9. The van der Waals surface area contributed by atoms with Gasteiger partial charge in [-0.1, -0.05) is 6.92 Å². The molecule has 4 nitrogen and oxygen atoms in total. The lowest BCUT2D eigenvalue weighted by molar-refractivity contribution is -0.0389. The Morgan fingerprint density at radius 1 is 1.25 bits per heavy atom. The van der Waals surface area contributed by atoms with E-state index in [0.717, 1.165) is 13.0 Å². The first kappa shape index (κ1) is 15.8. The van der Waals surface area contributed by atoms with Gasteiger partial charge in [-0.15, -0.1) is 0 Å². The largest absolute Gasteiger partial charge is 0.395 e. The first-order chi connectivity index (χ1) is 7.49. The highest BCUT2D eigenvalue weighted by molar-refractivity contribution is 4.63. The second-order valence-electron chi connectivity index (χ2n) is 4.87. The SMILES string of the molecule is CCCNC(CO)COCCOC(C)(C)C. The standard InChI is InChI=1S/C12H27NO3/c1-5-6-13-11(9-14)10-15-7-8-16-12(2,3)4/h11,13-14H,5-10H2,1-4H3. The third-order valence-corrected chi connectivity index (χ3v) is 1.99. The highest BCUT2D eigenvalue weighted by atomic mass is 16.5. The Morgan fingerprint density at radius 2 is 1.94 bits per heavy atom. The van der Waals surface area contributed by atoms with E-state index in [1.165, 1.54) is 0 Å². The fraction of sp³-hybridized carbons (Fsp3) is 1.00. The van der Waals surface area contributed by atoms with Crippen molar-refractivity contribution in [1.82, 2.24) is 5.32 Å². The summed E-state index contributed by atoms with van der Waals surface area (Å²) in [4.78, 5) is 0. The second kappa shape index (κ2) is 8.93. The minimum atomic E-state index is -0.111. The number of ether oxygens (including phenoxy) is 2. The molecular weight excluding hydrogens is 206 g/mol. The predicted molar refractivity (Wildman–Crippen MR) is 65.7 cm³/mol. The van der Waals surface area contributed by atoms with Crippen LogP contribution in [-0.2, 0) is 9.47 Å². The fourth-order valence-electron chi connectivity index (χ4n) is 1.16. The summed E-state index contributed by atoms with van der Waals surface area (Å²) in [5.74, 6) is 0. The molecule has 0 spiro atoms. The molecule has 0 aliphatic rings. The molecule has 0 aromatic carbocycles. The maximum absolute atomic E-state index is 9.06. The molecule has 0 aliphatic carbocycles. The van der Waals surface area contributed by atoms with Crippen LogP contribution >= 0.6 is 0 Å². The van der Waals surface area contributed by atoms with Crippen LogP contribution in [0.5, 0.6) is 0 Å². The zero-order valence-corrected chi connectivity index (χ0v) is 11.1. The zero-order chi connectivity index (χ0) is 12.4. The maximum atomic E-state index is 9.06. The van der Waals surface area contributed by atoms with Gasteiger partial charge >= 0.3 is 0 Å². The summed E-state index contributed by atoms with van der Waals surface area (Å²) in [6, 6.07) is 0.0367. The van der Waals surface area contributed by atoms with Gasteiger partial charge in [0, 0.05) is 0 Å². The van der Waals surface area contributed by atoms with Crippen LogP contribution in [-0.4, -0.2) is 49.7 Å². The quantitative estimate of drug-likeness (QED) is 0.587. The summed E-state index contributed by atoms with van der Waals surface area (Å²) in [6.07, 6.45) is 1.06. The van der Waals surface area contributed by atoms with E-state index in [2.05, 4.69) is 12.2 Å². The molecule has 0 bridgehead atoms. The molecule has 16 heavy (non-hydrogen) atoms. The van der Waals surface area contributed by atoms with Crippen LogP contribution in [0.2, 0.25) is 0 Å². The third kappa shape index (κ3) is 10.4. The fourth-order valence-corrected chi connectivity index (χ4v) is 1.16. The first-order valence-electron chi connectivity index (χ1n) is 6.05. The van der Waals surface area contributed by atoms with Crippen LogP contribution in [0.25, 0.3) is 0 Å². The van der Waals surface area contributed by atoms with Crippen LogP contribution in [0.4, 0.5) is 0 Å². The lowest BCUT2D eigenvalue weighted by Crippen LogP contribution is -2.37. The highest BCUT2D eigenvalue weighted by Crippen LogP contribution is 2.05. The van der Waals surface area contributed by atoms with E-state index >= 15 is 0 Å². The maximum Gasteiger partial charge on any atom is 0.0707 e. The predicted octanol–water partition coefficient (Wildman–Crippen LogP) is 1.18. The van der Waals surface area contributed by atoms with E-state index in [9.17, 15) is 0 Å². The summed E-state index contributed by atoms with van der Waals surface area (Å²) in [5.41, 5.74) is -0.111. The average molecular weight is 233 g/mol. The Bertz CT molecular complexity index is 157. The molecule has 1 atom stereocenters. The number of aliphatic hydroxyl groups is 1. The molecule has 0 radical (unpaired) electrons. The number of hydrogen-bond donors (Lipinski definition) is 2.